The molecule has 0 bridgehead atoms. The van der Waals surface area contributed by atoms with E-state index in [-0.39, 0.29) is 16.8 Å². The lowest BCUT2D eigenvalue weighted by Gasteiger charge is -2.13. The van der Waals surface area contributed by atoms with Gasteiger partial charge in [-0.25, -0.2) is 13.6 Å². The van der Waals surface area contributed by atoms with Gasteiger partial charge in [-0.1, -0.05) is 18.3 Å². The maximum Gasteiger partial charge on any atom is 0.326 e. The second kappa shape index (κ2) is 8.52. The molecule has 0 aliphatic carbocycles. The van der Waals surface area contributed by atoms with Crippen molar-refractivity contribution in [3.05, 3.63) is 58.4 Å². The average molecular weight is 420 g/mol. The fourth-order valence-corrected chi connectivity index (χ4v) is 4.05. The molecule has 6 nitrogen and oxygen atoms in total. The van der Waals surface area contributed by atoms with E-state index >= 15 is 0 Å². The number of carbonyl (C=O) groups is 2. The largest absolute Gasteiger partial charge is 0.494 e. The number of aliphatic carboxylic acids is 1. The highest BCUT2D eigenvalue weighted by molar-refractivity contribution is 7.16. The van der Waals surface area contributed by atoms with Crippen LogP contribution in [0.15, 0.2) is 41.4 Å². The van der Waals surface area contributed by atoms with E-state index in [2.05, 4.69) is 4.99 Å². The number of hydrogen-bond acceptors (Lipinski definition) is 4. The van der Waals surface area contributed by atoms with Gasteiger partial charge in [0.2, 0.25) is 0 Å². The standard InChI is InChI=1S/C20H18F2N2O4S/c1-3-15(19(26)27)24-16-6-5-14(28-4-2)10-17(16)29-20(24)23-18(25)11-7-12(21)9-13(22)8-11/h5-10,15H,3-4H2,1-2H3,(H,26,27). The number of amides is 1. The normalized spacial score (nSPS) is 12.9. The van der Waals surface area contributed by atoms with E-state index in [1.807, 2.05) is 6.92 Å². The third kappa shape index (κ3) is 4.34. The van der Waals surface area contributed by atoms with E-state index in [0.717, 1.165) is 23.5 Å². The smallest absolute Gasteiger partial charge is 0.326 e. The predicted molar refractivity (Wildman–Crippen MR) is 104 cm³/mol. The van der Waals surface area contributed by atoms with Crippen molar-refractivity contribution in [1.29, 1.82) is 0 Å². The number of carboxylic acid groups (broad SMARTS) is 1. The average Bonchev–Trinajstić information content (AvgIpc) is 2.98. The maximum absolute atomic E-state index is 13.5. The second-order valence-corrected chi connectivity index (χ2v) is 7.16. The van der Waals surface area contributed by atoms with E-state index in [0.29, 0.717) is 28.6 Å². The van der Waals surface area contributed by atoms with Crippen molar-refractivity contribution < 1.29 is 28.2 Å². The summed E-state index contributed by atoms with van der Waals surface area (Å²) >= 11 is 1.10. The summed E-state index contributed by atoms with van der Waals surface area (Å²) in [4.78, 5) is 28.4. The number of carboxylic acids is 1. The Morgan fingerprint density at radius 2 is 1.86 bits per heavy atom. The number of carbonyl (C=O) groups excluding carboxylic acids is 1. The molecule has 9 heteroatoms. The van der Waals surface area contributed by atoms with Crippen LogP contribution in [0.4, 0.5) is 8.78 Å². The summed E-state index contributed by atoms with van der Waals surface area (Å²) in [6, 6.07) is 6.61. The first-order valence-electron chi connectivity index (χ1n) is 8.89. The van der Waals surface area contributed by atoms with Crippen molar-refractivity contribution in [2.45, 2.75) is 26.3 Å². The van der Waals surface area contributed by atoms with Gasteiger partial charge in [0.1, 0.15) is 23.4 Å². The minimum Gasteiger partial charge on any atom is -0.494 e. The van der Waals surface area contributed by atoms with Crippen molar-refractivity contribution in [3.8, 4) is 5.75 Å². The summed E-state index contributed by atoms with van der Waals surface area (Å²) in [5.74, 6) is -3.14. The zero-order valence-electron chi connectivity index (χ0n) is 15.7. The molecule has 1 heterocycles. The van der Waals surface area contributed by atoms with Crippen LogP contribution in [0.1, 0.15) is 36.7 Å². The number of ether oxygens (including phenoxy) is 1. The number of hydrogen-bond donors (Lipinski definition) is 1. The summed E-state index contributed by atoms with van der Waals surface area (Å²) in [5.41, 5.74) is 0.314. The predicted octanol–water partition coefficient (Wildman–Crippen LogP) is 4.16. The van der Waals surface area contributed by atoms with E-state index in [4.69, 9.17) is 4.74 Å². The third-order valence-corrected chi connectivity index (χ3v) is 5.22. The van der Waals surface area contributed by atoms with Gasteiger partial charge in [0.05, 0.1) is 16.8 Å². The molecule has 0 aliphatic rings. The molecule has 0 fully saturated rings. The van der Waals surface area contributed by atoms with Crippen LogP contribution >= 0.6 is 11.3 Å². The Morgan fingerprint density at radius 1 is 1.17 bits per heavy atom. The number of thiazole rings is 1. The van der Waals surface area contributed by atoms with E-state index in [1.165, 1.54) is 4.57 Å². The quantitative estimate of drug-likeness (QED) is 0.649. The molecule has 1 unspecified atom stereocenters. The number of halogens is 2. The lowest BCUT2D eigenvalue weighted by atomic mass is 10.2. The molecule has 0 spiro atoms. The molecule has 0 saturated carbocycles. The molecule has 2 aromatic carbocycles. The number of nitrogens with zero attached hydrogens (tertiary/aromatic N) is 2. The van der Waals surface area contributed by atoms with Crippen molar-refractivity contribution in [1.82, 2.24) is 4.57 Å². The highest BCUT2D eigenvalue weighted by Gasteiger charge is 2.22. The Kier molecular flexibility index (Phi) is 6.07. The van der Waals surface area contributed by atoms with Gasteiger partial charge in [0.15, 0.2) is 4.80 Å². The van der Waals surface area contributed by atoms with Crippen molar-refractivity contribution in [3.63, 3.8) is 0 Å². The zero-order valence-corrected chi connectivity index (χ0v) is 16.5. The number of rotatable bonds is 6. The van der Waals surface area contributed by atoms with E-state index in [1.54, 1.807) is 25.1 Å². The fraction of sp³-hybridized carbons (Fsp3) is 0.250. The summed E-state index contributed by atoms with van der Waals surface area (Å²) in [7, 11) is 0. The Balaban J connectivity index is 2.22. The van der Waals surface area contributed by atoms with Gasteiger partial charge in [-0.15, -0.1) is 0 Å². The molecule has 0 aliphatic heterocycles. The van der Waals surface area contributed by atoms with Gasteiger partial charge in [-0.2, -0.15) is 4.99 Å². The van der Waals surface area contributed by atoms with Crippen molar-refractivity contribution in [2.24, 2.45) is 4.99 Å². The lowest BCUT2D eigenvalue weighted by Crippen LogP contribution is -2.27. The van der Waals surface area contributed by atoms with Gasteiger partial charge in [-0.05, 0) is 43.7 Å². The van der Waals surface area contributed by atoms with Crippen LogP contribution in [0.5, 0.6) is 5.75 Å². The number of benzene rings is 2. The molecule has 1 aromatic heterocycles. The Labute approximate surface area is 168 Å². The molecule has 29 heavy (non-hydrogen) atoms. The monoisotopic (exact) mass is 420 g/mol. The topological polar surface area (TPSA) is 80.9 Å². The zero-order chi connectivity index (χ0) is 21.1. The molecule has 1 N–H and O–H groups in total. The van der Waals surface area contributed by atoms with Crippen LogP contribution in [0, 0.1) is 11.6 Å². The second-order valence-electron chi connectivity index (χ2n) is 6.15. The SMILES string of the molecule is CCOc1ccc2c(c1)sc(=NC(=O)c1cc(F)cc(F)c1)n2C(CC)C(=O)O. The molecule has 3 aromatic rings. The van der Waals surface area contributed by atoms with Gasteiger partial charge in [-0.3, -0.25) is 4.79 Å². The fourth-order valence-electron chi connectivity index (χ4n) is 2.96. The highest BCUT2D eigenvalue weighted by Crippen LogP contribution is 2.27. The van der Waals surface area contributed by atoms with Crippen LogP contribution in [0.25, 0.3) is 10.2 Å². The first-order chi connectivity index (χ1) is 13.8. The van der Waals surface area contributed by atoms with Crippen LogP contribution in [-0.2, 0) is 4.79 Å². The Bertz CT molecular complexity index is 1130. The van der Waals surface area contributed by atoms with Gasteiger partial charge in [0.25, 0.3) is 5.91 Å². The molecule has 0 radical (unpaired) electrons. The Hall–Kier alpha value is -3.07. The summed E-state index contributed by atoms with van der Waals surface area (Å²) < 4.78 is 34.5. The van der Waals surface area contributed by atoms with Crippen LogP contribution in [0.3, 0.4) is 0 Å². The van der Waals surface area contributed by atoms with E-state index in [9.17, 15) is 23.5 Å². The number of aromatic nitrogens is 1. The third-order valence-electron chi connectivity index (χ3n) is 4.20. The van der Waals surface area contributed by atoms with E-state index < -0.39 is 29.6 Å². The highest BCUT2D eigenvalue weighted by atomic mass is 32.1. The van der Waals surface area contributed by atoms with Gasteiger partial charge in [0, 0.05) is 11.6 Å². The maximum atomic E-state index is 13.5. The van der Waals surface area contributed by atoms with Crippen LogP contribution in [-0.4, -0.2) is 28.2 Å². The van der Waals surface area contributed by atoms with Crippen LogP contribution in [0.2, 0.25) is 0 Å². The van der Waals surface area contributed by atoms with Gasteiger partial charge >= 0.3 is 5.97 Å². The molecular formula is C20H18F2N2O4S. The first-order valence-corrected chi connectivity index (χ1v) is 9.71. The minimum atomic E-state index is -1.08. The lowest BCUT2D eigenvalue weighted by molar-refractivity contribution is -0.140. The van der Waals surface area contributed by atoms with Crippen molar-refractivity contribution >= 4 is 33.4 Å². The molecule has 1 atom stereocenters. The van der Waals surface area contributed by atoms with Gasteiger partial charge < -0.3 is 14.4 Å². The molecule has 0 saturated heterocycles. The number of fused-ring (bicyclic) bond motifs is 1. The molecule has 1 amide bonds. The molecule has 3 rings (SSSR count). The summed E-state index contributed by atoms with van der Waals surface area (Å²) in [5, 5.41) is 9.63. The summed E-state index contributed by atoms with van der Waals surface area (Å²) in [6.07, 6.45) is 0.254. The molecule has 152 valence electrons. The summed E-state index contributed by atoms with van der Waals surface area (Å²) in [6.45, 7) is 4.01. The molecular weight excluding hydrogens is 402 g/mol. The Morgan fingerprint density at radius 3 is 2.45 bits per heavy atom. The van der Waals surface area contributed by atoms with Crippen LogP contribution < -0.4 is 9.54 Å². The minimum absolute atomic E-state index is 0.123. The van der Waals surface area contributed by atoms with Crippen molar-refractivity contribution in [2.75, 3.05) is 6.61 Å². The first kappa shape index (κ1) is 20.7.